The highest BCUT2D eigenvalue weighted by Crippen LogP contribution is 2.21. The van der Waals surface area contributed by atoms with E-state index >= 15 is 0 Å². The predicted molar refractivity (Wildman–Crippen MR) is 90.2 cm³/mol. The number of hydrogen-bond donors (Lipinski definition) is 0. The molecule has 1 fully saturated rings. The van der Waals surface area contributed by atoms with Crippen molar-refractivity contribution in [2.24, 2.45) is 5.92 Å². The third-order valence-electron chi connectivity index (χ3n) is 3.94. The van der Waals surface area contributed by atoms with Crippen LogP contribution in [0.25, 0.3) is 0 Å². The fraction of sp³-hybridized carbons (Fsp3) is 0.529. The molecule has 0 aliphatic carbocycles. The molecule has 2 rings (SSSR count). The Bertz CT molecular complexity index is 557. The van der Waals surface area contributed by atoms with E-state index in [2.05, 4.69) is 15.9 Å². The van der Waals surface area contributed by atoms with Crippen molar-refractivity contribution in [3.05, 3.63) is 34.3 Å². The number of methoxy groups -OCH3 is 1. The molecule has 1 heterocycles. The lowest BCUT2D eigenvalue weighted by Gasteiger charge is -2.27. The van der Waals surface area contributed by atoms with Gasteiger partial charge < -0.3 is 14.4 Å². The first kappa shape index (κ1) is 17.9. The second kappa shape index (κ2) is 8.45. The summed E-state index contributed by atoms with van der Waals surface area (Å²) in [6.45, 7) is 3.30. The molecule has 6 heteroatoms. The summed E-state index contributed by atoms with van der Waals surface area (Å²) >= 11 is 3.42. The molecule has 1 amide bonds. The van der Waals surface area contributed by atoms with Gasteiger partial charge >= 0.3 is 5.97 Å². The number of benzene rings is 1. The number of halogens is 1. The van der Waals surface area contributed by atoms with E-state index in [9.17, 15) is 9.59 Å². The Balaban J connectivity index is 2.16. The fourth-order valence-electron chi connectivity index (χ4n) is 2.69. The number of carbonyl (C=O) groups is 2. The first-order chi connectivity index (χ1) is 11.0. The Kier molecular flexibility index (Phi) is 6.59. The van der Waals surface area contributed by atoms with Crippen LogP contribution in [0.3, 0.4) is 0 Å². The van der Waals surface area contributed by atoms with Crippen molar-refractivity contribution in [2.45, 2.75) is 25.9 Å². The van der Waals surface area contributed by atoms with Crippen LogP contribution in [0.15, 0.2) is 28.7 Å². The summed E-state index contributed by atoms with van der Waals surface area (Å²) in [5, 5.41) is 0. The highest BCUT2D eigenvalue weighted by molar-refractivity contribution is 9.10. The molecule has 23 heavy (non-hydrogen) atoms. The van der Waals surface area contributed by atoms with Gasteiger partial charge in [-0.25, -0.2) is 0 Å². The molecule has 0 spiro atoms. The minimum Gasteiger partial charge on any atom is -0.469 e. The molecule has 1 aliphatic heterocycles. The summed E-state index contributed by atoms with van der Waals surface area (Å²) < 4.78 is 11.2. The molecule has 5 nitrogen and oxygen atoms in total. The minimum absolute atomic E-state index is 0.0336. The quantitative estimate of drug-likeness (QED) is 0.708. The molecule has 126 valence electrons. The summed E-state index contributed by atoms with van der Waals surface area (Å²) in [6, 6.07) is 7.30. The number of esters is 1. The highest BCUT2D eigenvalue weighted by atomic mass is 79.9. The van der Waals surface area contributed by atoms with Gasteiger partial charge in [-0.3, -0.25) is 9.59 Å². The van der Waals surface area contributed by atoms with Crippen molar-refractivity contribution in [2.75, 3.05) is 26.8 Å². The Labute approximate surface area is 145 Å². The van der Waals surface area contributed by atoms with E-state index < -0.39 is 0 Å². The van der Waals surface area contributed by atoms with Crippen molar-refractivity contribution >= 4 is 27.8 Å². The van der Waals surface area contributed by atoms with Gasteiger partial charge in [-0.05, 0) is 40.9 Å². The molecule has 1 aromatic carbocycles. The van der Waals surface area contributed by atoms with Crippen LogP contribution in [-0.2, 0) is 14.3 Å². The van der Waals surface area contributed by atoms with E-state index in [1.54, 1.807) is 17.9 Å². The average molecular weight is 384 g/mol. The fourth-order valence-corrected chi connectivity index (χ4v) is 3.14. The SMILES string of the molecule is COC(=O)C(C)CN(CC1CCCO1)C(=O)c1ccccc1Br. The van der Waals surface area contributed by atoms with Gasteiger partial charge in [0.2, 0.25) is 0 Å². The van der Waals surface area contributed by atoms with Crippen LogP contribution < -0.4 is 0 Å². The summed E-state index contributed by atoms with van der Waals surface area (Å²) in [5.41, 5.74) is 0.586. The van der Waals surface area contributed by atoms with Gasteiger partial charge in [-0.2, -0.15) is 0 Å². The van der Waals surface area contributed by atoms with E-state index in [-0.39, 0.29) is 23.9 Å². The summed E-state index contributed by atoms with van der Waals surface area (Å²) in [6.07, 6.45) is 1.98. The van der Waals surface area contributed by atoms with Crippen LogP contribution in [0.4, 0.5) is 0 Å². The van der Waals surface area contributed by atoms with Crippen LogP contribution in [0.5, 0.6) is 0 Å². The largest absolute Gasteiger partial charge is 0.469 e. The Morgan fingerprint density at radius 2 is 2.17 bits per heavy atom. The summed E-state index contributed by atoms with van der Waals surface area (Å²) in [5.74, 6) is -0.807. The van der Waals surface area contributed by atoms with Gasteiger partial charge in [0.15, 0.2) is 0 Å². The monoisotopic (exact) mass is 383 g/mol. The third kappa shape index (κ3) is 4.78. The smallest absolute Gasteiger partial charge is 0.310 e. The molecular weight excluding hydrogens is 362 g/mol. The third-order valence-corrected chi connectivity index (χ3v) is 4.63. The average Bonchev–Trinajstić information content (AvgIpc) is 3.06. The maximum Gasteiger partial charge on any atom is 0.310 e. The topological polar surface area (TPSA) is 55.8 Å². The zero-order valence-electron chi connectivity index (χ0n) is 13.5. The van der Waals surface area contributed by atoms with Crippen molar-refractivity contribution in [3.8, 4) is 0 Å². The number of rotatable bonds is 6. The van der Waals surface area contributed by atoms with Crippen molar-refractivity contribution in [1.29, 1.82) is 0 Å². The van der Waals surface area contributed by atoms with E-state index in [4.69, 9.17) is 9.47 Å². The van der Waals surface area contributed by atoms with Crippen molar-refractivity contribution in [3.63, 3.8) is 0 Å². The number of carbonyl (C=O) groups excluding carboxylic acids is 2. The molecule has 1 aliphatic rings. The molecule has 1 saturated heterocycles. The molecule has 0 bridgehead atoms. The van der Waals surface area contributed by atoms with E-state index in [1.807, 2.05) is 18.2 Å². The second-order valence-electron chi connectivity index (χ2n) is 5.75. The highest BCUT2D eigenvalue weighted by Gasteiger charge is 2.27. The van der Waals surface area contributed by atoms with Crippen LogP contribution in [0.1, 0.15) is 30.1 Å². The van der Waals surface area contributed by atoms with Gasteiger partial charge in [-0.15, -0.1) is 0 Å². The minimum atomic E-state index is -0.382. The van der Waals surface area contributed by atoms with Gasteiger partial charge in [0.05, 0.1) is 24.7 Å². The Hall–Kier alpha value is -1.40. The summed E-state index contributed by atoms with van der Waals surface area (Å²) in [4.78, 5) is 26.3. The maximum atomic E-state index is 12.9. The standard InChI is InChI=1S/C17H22BrNO4/c1-12(17(21)22-2)10-19(11-13-6-5-9-23-13)16(20)14-7-3-4-8-15(14)18/h3-4,7-8,12-13H,5-6,9-11H2,1-2H3. The predicted octanol–water partition coefficient (Wildman–Crippen LogP) is 2.88. The molecule has 1 aromatic rings. The molecule has 2 atom stereocenters. The number of nitrogens with zero attached hydrogens (tertiary/aromatic N) is 1. The molecular formula is C17H22BrNO4. The summed E-state index contributed by atoms with van der Waals surface area (Å²) in [7, 11) is 1.36. The Morgan fingerprint density at radius 1 is 1.43 bits per heavy atom. The number of ether oxygens (including phenoxy) is 2. The van der Waals surface area contributed by atoms with Crippen LogP contribution >= 0.6 is 15.9 Å². The van der Waals surface area contributed by atoms with Gasteiger partial charge in [0, 0.05) is 24.2 Å². The Morgan fingerprint density at radius 3 is 2.78 bits per heavy atom. The molecule has 2 unspecified atom stereocenters. The normalized spacial score (nSPS) is 18.5. The second-order valence-corrected chi connectivity index (χ2v) is 6.60. The lowest BCUT2D eigenvalue weighted by molar-refractivity contribution is -0.145. The van der Waals surface area contributed by atoms with E-state index in [1.165, 1.54) is 7.11 Å². The molecule has 0 radical (unpaired) electrons. The molecule has 0 N–H and O–H groups in total. The lowest BCUT2D eigenvalue weighted by Crippen LogP contribution is -2.41. The maximum absolute atomic E-state index is 12.9. The van der Waals surface area contributed by atoms with Crippen molar-refractivity contribution < 1.29 is 19.1 Å². The first-order valence-corrected chi connectivity index (χ1v) is 8.55. The van der Waals surface area contributed by atoms with Crippen LogP contribution in [-0.4, -0.2) is 49.7 Å². The number of amides is 1. The van der Waals surface area contributed by atoms with Crippen molar-refractivity contribution in [1.82, 2.24) is 4.90 Å². The zero-order valence-corrected chi connectivity index (χ0v) is 15.0. The lowest BCUT2D eigenvalue weighted by atomic mass is 10.1. The zero-order chi connectivity index (χ0) is 16.8. The number of hydrogen-bond acceptors (Lipinski definition) is 4. The van der Waals surface area contributed by atoms with Crippen LogP contribution in [0, 0.1) is 5.92 Å². The van der Waals surface area contributed by atoms with Gasteiger partial charge in [0.1, 0.15) is 0 Å². The van der Waals surface area contributed by atoms with Crippen LogP contribution in [0.2, 0.25) is 0 Å². The molecule has 0 aromatic heterocycles. The van der Waals surface area contributed by atoms with E-state index in [0.717, 1.165) is 23.9 Å². The molecule has 0 saturated carbocycles. The van der Waals surface area contributed by atoms with Gasteiger partial charge in [-0.1, -0.05) is 19.1 Å². The first-order valence-electron chi connectivity index (χ1n) is 7.76. The van der Waals surface area contributed by atoms with Gasteiger partial charge in [0.25, 0.3) is 5.91 Å². The van der Waals surface area contributed by atoms with E-state index in [0.29, 0.717) is 18.7 Å².